The number of amides is 1. The Morgan fingerprint density at radius 2 is 0.816 bits per heavy atom. The number of phosphoric acid groups is 1. The molecule has 3 unspecified atom stereocenters. The van der Waals surface area contributed by atoms with Gasteiger partial charge < -0.3 is 28.8 Å². The summed E-state index contributed by atoms with van der Waals surface area (Å²) >= 11 is 0. The van der Waals surface area contributed by atoms with Crippen LogP contribution in [0.5, 0.6) is 0 Å². The van der Waals surface area contributed by atoms with Crippen LogP contribution in [0.25, 0.3) is 0 Å². The summed E-state index contributed by atoms with van der Waals surface area (Å²) < 4.78 is 23.3. The van der Waals surface area contributed by atoms with E-state index in [4.69, 9.17) is 9.05 Å². The molecule has 0 aromatic heterocycles. The average Bonchev–Trinajstić information content (AvgIpc) is 3.38. The molecule has 0 saturated carbocycles. The van der Waals surface area contributed by atoms with E-state index in [1.54, 1.807) is 6.08 Å². The Balaban J connectivity index is 4.05. The molecule has 0 heterocycles. The molecular weight excluding hydrogens is 960 g/mol. The summed E-state index contributed by atoms with van der Waals surface area (Å²) in [6.45, 7) is 4.49. The molecule has 9 heteroatoms. The van der Waals surface area contributed by atoms with E-state index in [9.17, 15) is 19.4 Å². The molecule has 434 valence electrons. The first-order valence-corrected chi connectivity index (χ1v) is 32.0. The zero-order valence-electron chi connectivity index (χ0n) is 49.4. The van der Waals surface area contributed by atoms with Gasteiger partial charge in [-0.25, -0.2) is 0 Å². The maximum atomic E-state index is 12.9. The number of hydrogen-bond acceptors (Lipinski definition) is 6. The number of aliphatic hydroxyl groups is 1. The van der Waals surface area contributed by atoms with Crippen LogP contribution in [0.3, 0.4) is 0 Å². The number of carbonyl (C=O) groups is 1. The smallest absolute Gasteiger partial charge is 0.268 e. The molecular formula is C67H115N2O6P. The summed E-state index contributed by atoms with van der Waals surface area (Å²) in [5.41, 5.74) is 0. The first-order valence-electron chi connectivity index (χ1n) is 30.5. The molecule has 0 aromatic carbocycles. The number of phosphoric ester groups is 1. The highest BCUT2D eigenvalue weighted by Gasteiger charge is 2.23. The zero-order valence-corrected chi connectivity index (χ0v) is 50.3. The van der Waals surface area contributed by atoms with Gasteiger partial charge in [0.25, 0.3) is 7.82 Å². The monoisotopic (exact) mass is 1070 g/mol. The fourth-order valence-electron chi connectivity index (χ4n) is 8.10. The van der Waals surface area contributed by atoms with Gasteiger partial charge in [-0.15, -0.1) is 0 Å². The first kappa shape index (κ1) is 72.6. The summed E-state index contributed by atoms with van der Waals surface area (Å²) in [7, 11) is 1.23. The molecule has 0 aliphatic rings. The molecule has 0 aliphatic heterocycles. The molecule has 0 fully saturated rings. The van der Waals surface area contributed by atoms with E-state index >= 15 is 0 Å². The van der Waals surface area contributed by atoms with Crippen LogP contribution in [0.15, 0.2) is 134 Å². The number of hydrogen-bond donors (Lipinski definition) is 2. The second-order valence-electron chi connectivity index (χ2n) is 21.3. The van der Waals surface area contributed by atoms with E-state index in [0.717, 1.165) is 96.3 Å². The van der Waals surface area contributed by atoms with Gasteiger partial charge in [-0.2, -0.15) is 0 Å². The van der Waals surface area contributed by atoms with Crippen molar-refractivity contribution in [1.82, 2.24) is 5.32 Å². The quantitative estimate of drug-likeness (QED) is 0.0272. The van der Waals surface area contributed by atoms with Gasteiger partial charge in [-0.05, 0) is 103 Å². The molecule has 1 amide bonds. The molecule has 8 nitrogen and oxygen atoms in total. The highest BCUT2D eigenvalue weighted by molar-refractivity contribution is 7.45. The molecule has 76 heavy (non-hydrogen) atoms. The van der Waals surface area contributed by atoms with E-state index in [-0.39, 0.29) is 12.5 Å². The molecule has 0 aliphatic carbocycles. The molecule has 0 bridgehead atoms. The van der Waals surface area contributed by atoms with Gasteiger partial charge in [-0.1, -0.05) is 257 Å². The zero-order chi connectivity index (χ0) is 55.6. The molecule has 0 rings (SSSR count). The van der Waals surface area contributed by atoms with Crippen LogP contribution >= 0.6 is 7.82 Å². The Bertz CT molecular complexity index is 1700. The van der Waals surface area contributed by atoms with Gasteiger partial charge in [0.2, 0.25) is 5.91 Å². The fourth-order valence-corrected chi connectivity index (χ4v) is 8.83. The predicted molar refractivity (Wildman–Crippen MR) is 329 cm³/mol. The minimum absolute atomic E-state index is 0.0117. The standard InChI is InChI=1S/C67H115N2O6P/c1-6-8-10-12-14-16-18-20-21-22-23-24-25-26-27-28-29-30-31-32-33-34-35-36-37-38-39-40-41-42-43-44-45-46-47-49-51-53-55-57-59-61-67(71)68-65(64-75-76(72,73)74-63-62-69(3,4)5)66(70)60-58-56-54-52-50-48-19-17-15-13-11-9-7-2/h8,10,14,16,20-21,23-24,26-27,29-30,32-33,35-36,38-39,50,52,58,60,65-66,70H,6-7,9,11-13,15,17-19,22,25,28,31,34,37,40-49,51,53-57,59,61-64H2,1-5H3,(H-,68,71,72,73)/b10-8-,16-14-,21-20-,24-23-,27-26-,30-29-,33-32-,36-35-,39-38-,52-50+,60-58+. The van der Waals surface area contributed by atoms with E-state index in [0.29, 0.717) is 17.4 Å². The van der Waals surface area contributed by atoms with Crippen molar-refractivity contribution in [1.29, 1.82) is 0 Å². The van der Waals surface area contributed by atoms with Gasteiger partial charge in [-0.3, -0.25) is 9.36 Å². The number of allylic oxidation sites excluding steroid dienone is 21. The Hall–Kier alpha value is -3.36. The minimum Gasteiger partial charge on any atom is -0.756 e. The lowest BCUT2D eigenvalue weighted by atomic mass is 10.0. The second kappa shape index (κ2) is 56.4. The molecule has 0 aromatic rings. The molecule has 0 saturated heterocycles. The van der Waals surface area contributed by atoms with Crippen molar-refractivity contribution < 1.29 is 32.9 Å². The lowest BCUT2D eigenvalue weighted by Gasteiger charge is -2.29. The summed E-state index contributed by atoms with van der Waals surface area (Å²) in [6.07, 6.45) is 85.5. The highest BCUT2D eigenvalue weighted by atomic mass is 31.2. The molecule has 2 N–H and O–H groups in total. The van der Waals surface area contributed by atoms with Gasteiger partial charge in [0.05, 0.1) is 39.9 Å². The predicted octanol–water partition coefficient (Wildman–Crippen LogP) is 18.5. The van der Waals surface area contributed by atoms with Crippen LogP contribution in [-0.4, -0.2) is 68.5 Å². The van der Waals surface area contributed by atoms with Crippen molar-refractivity contribution in [3.8, 4) is 0 Å². The van der Waals surface area contributed by atoms with Gasteiger partial charge in [0.1, 0.15) is 13.2 Å². The highest BCUT2D eigenvalue weighted by Crippen LogP contribution is 2.38. The SMILES string of the molecule is CC/C=C\C/C=C\C/C=C\C/C=C\C/C=C\C/C=C\C/C=C\C/C=C\C/C=C\CCCCCCCCCCCCCCCC(=O)NC(COP(=O)([O-])OCC[N+](C)(C)C)C(O)/C=C/CC/C=C/CCCCCCCCC. The maximum absolute atomic E-state index is 12.9. The second-order valence-corrected chi connectivity index (χ2v) is 22.7. The third-order valence-corrected chi connectivity index (χ3v) is 13.8. The number of carbonyl (C=O) groups excluding carboxylic acids is 1. The Labute approximate surface area is 468 Å². The van der Waals surface area contributed by atoms with E-state index < -0.39 is 26.6 Å². The molecule has 3 atom stereocenters. The van der Waals surface area contributed by atoms with Crippen LogP contribution in [0.4, 0.5) is 0 Å². The normalized spacial score (nSPS) is 14.8. The van der Waals surface area contributed by atoms with Crippen LogP contribution in [0, 0.1) is 0 Å². The van der Waals surface area contributed by atoms with Crippen molar-refractivity contribution in [2.24, 2.45) is 0 Å². The minimum atomic E-state index is -4.61. The number of likely N-dealkylation sites (N-methyl/N-ethyl adjacent to an activating group) is 1. The molecule has 0 radical (unpaired) electrons. The van der Waals surface area contributed by atoms with E-state index in [1.807, 2.05) is 27.2 Å². The third kappa shape index (κ3) is 58.3. The fraction of sp³-hybridized carbons (Fsp3) is 0.657. The number of nitrogens with one attached hydrogen (secondary N) is 1. The topological polar surface area (TPSA) is 108 Å². The average molecular weight is 1080 g/mol. The molecule has 0 spiro atoms. The summed E-state index contributed by atoms with van der Waals surface area (Å²) in [5, 5.41) is 13.8. The number of aliphatic hydroxyl groups excluding tert-OH is 1. The summed E-state index contributed by atoms with van der Waals surface area (Å²) in [6, 6.07) is -0.911. The first-order chi connectivity index (χ1) is 37.0. The largest absolute Gasteiger partial charge is 0.756 e. The van der Waals surface area contributed by atoms with E-state index in [1.165, 1.54) is 116 Å². The van der Waals surface area contributed by atoms with Gasteiger partial charge >= 0.3 is 0 Å². The number of rotatable bonds is 54. The lowest BCUT2D eigenvalue weighted by Crippen LogP contribution is -2.45. The lowest BCUT2D eigenvalue weighted by molar-refractivity contribution is -0.870. The van der Waals surface area contributed by atoms with Crippen molar-refractivity contribution in [2.45, 2.75) is 244 Å². The Kier molecular flexibility index (Phi) is 53.9. The van der Waals surface area contributed by atoms with Crippen molar-refractivity contribution >= 4 is 13.7 Å². The van der Waals surface area contributed by atoms with E-state index in [2.05, 4.69) is 141 Å². The van der Waals surface area contributed by atoms with Crippen LogP contribution in [-0.2, 0) is 18.4 Å². The number of unbranched alkanes of at least 4 members (excludes halogenated alkanes) is 21. The van der Waals surface area contributed by atoms with Crippen molar-refractivity contribution in [3.63, 3.8) is 0 Å². The van der Waals surface area contributed by atoms with Crippen molar-refractivity contribution in [3.05, 3.63) is 134 Å². The van der Waals surface area contributed by atoms with Gasteiger partial charge in [0, 0.05) is 6.42 Å². The Morgan fingerprint density at radius 1 is 0.474 bits per heavy atom. The van der Waals surface area contributed by atoms with Crippen LogP contribution in [0.1, 0.15) is 232 Å². The number of quaternary nitrogens is 1. The van der Waals surface area contributed by atoms with Crippen LogP contribution in [0.2, 0.25) is 0 Å². The summed E-state index contributed by atoms with van der Waals surface area (Å²) in [5.74, 6) is -0.214. The van der Waals surface area contributed by atoms with Crippen molar-refractivity contribution in [2.75, 3.05) is 40.9 Å². The summed E-state index contributed by atoms with van der Waals surface area (Å²) in [4.78, 5) is 25.5. The van der Waals surface area contributed by atoms with Gasteiger partial charge in [0.15, 0.2) is 0 Å². The maximum Gasteiger partial charge on any atom is 0.268 e. The van der Waals surface area contributed by atoms with Crippen LogP contribution < -0.4 is 10.2 Å². The number of nitrogens with zero attached hydrogens (tertiary/aromatic N) is 1. The Morgan fingerprint density at radius 3 is 1.22 bits per heavy atom. The third-order valence-electron chi connectivity index (χ3n) is 12.8.